The highest BCUT2D eigenvalue weighted by molar-refractivity contribution is 9.10. The van der Waals surface area contributed by atoms with Crippen molar-refractivity contribution in [3.05, 3.63) is 51.6 Å². The van der Waals surface area contributed by atoms with Crippen LogP contribution in [-0.4, -0.2) is 11.0 Å². The monoisotopic (exact) mass is 370 g/mol. The summed E-state index contributed by atoms with van der Waals surface area (Å²) in [6.07, 6.45) is 1.67. The molecule has 1 N–H and O–H groups in total. The molecule has 1 heterocycles. The summed E-state index contributed by atoms with van der Waals surface area (Å²) in [6, 6.07) is 10.6. The Morgan fingerprint density at radius 2 is 2.10 bits per heavy atom. The maximum atomic E-state index is 5.83. The van der Waals surface area contributed by atoms with Gasteiger partial charge < -0.3 is 5.32 Å². The molecular formula is C15H16BrClN2S. The number of nitrogens with zero attached hydrogens (tertiary/aromatic N) is 1. The van der Waals surface area contributed by atoms with Crippen LogP contribution >= 0.6 is 39.3 Å². The molecule has 0 aliphatic heterocycles. The van der Waals surface area contributed by atoms with Gasteiger partial charge in [-0.2, -0.15) is 0 Å². The zero-order valence-electron chi connectivity index (χ0n) is 11.4. The Bertz CT molecular complexity index is 573. The van der Waals surface area contributed by atoms with E-state index in [2.05, 4.69) is 58.3 Å². The number of benzene rings is 1. The number of halogens is 2. The van der Waals surface area contributed by atoms with E-state index in [4.69, 9.17) is 11.6 Å². The first-order valence-electron chi connectivity index (χ1n) is 6.36. The molecule has 1 aromatic heterocycles. The van der Waals surface area contributed by atoms with Crippen LogP contribution in [0.2, 0.25) is 5.02 Å². The Kier molecular flexibility index (Phi) is 5.90. The quantitative estimate of drug-likeness (QED) is 0.787. The van der Waals surface area contributed by atoms with E-state index >= 15 is 0 Å². The van der Waals surface area contributed by atoms with Crippen molar-refractivity contribution in [2.75, 3.05) is 0 Å². The minimum atomic E-state index is 0.481. The fourth-order valence-corrected chi connectivity index (χ4v) is 3.17. The van der Waals surface area contributed by atoms with Crippen LogP contribution in [0.1, 0.15) is 19.4 Å². The minimum absolute atomic E-state index is 0.481. The van der Waals surface area contributed by atoms with Gasteiger partial charge >= 0.3 is 0 Å². The van der Waals surface area contributed by atoms with Crippen molar-refractivity contribution < 1.29 is 0 Å². The van der Waals surface area contributed by atoms with E-state index in [9.17, 15) is 0 Å². The summed E-state index contributed by atoms with van der Waals surface area (Å²) in [5, 5.41) is 5.01. The van der Waals surface area contributed by atoms with Crippen molar-refractivity contribution in [3.63, 3.8) is 0 Å². The summed E-state index contributed by atoms with van der Waals surface area (Å²) < 4.78 is 1.12. The molecule has 0 fully saturated rings. The van der Waals surface area contributed by atoms with Gasteiger partial charge in [0, 0.05) is 28.2 Å². The highest BCUT2D eigenvalue weighted by Gasteiger charge is 2.04. The second kappa shape index (κ2) is 7.46. The molecule has 0 aliphatic carbocycles. The summed E-state index contributed by atoms with van der Waals surface area (Å²) in [5.74, 6) is 0. The van der Waals surface area contributed by atoms with Gasteiger partial charge in [0.1, 0.15) is 5.03 Å². The smallest absolute Gasteiger partial charge is 0.101 e. The lowest BCUT2D eigenvalue weighted by molar-refractivity contribution is 0.587. The number of nitrogens with one attached hydrogen (secondary N) is 1. The van der Waals surface area contributed by atoms with Crippen molar-refractivity contribution in [1.82, 2.24) is 10.3 Å². The maximum absolute atomic E-state index is 5.83. The summed E-state index contributed by atoms with van der Waals surface area (Å²) in [6.45, 7) is 5.15. The van der Waals surface area contributed by atoms with Gasteiger partial charge in [0.2, 0.25) is 0 Å². The van der Waals surface area contributed by atoms with Crippen molar-refractivity contribution in [2.45, 2.75) is 36.4 Å². The molecule has 0 atom stereocenters. The van der Waals surface area contributed by atoms with Crippen molar-refractivity contribution in [3.8, 4) is 0 Å². The van der Waals surface area contributed by atoms with Gasteiger partial charge in [0.15, 0.2) is 0 Å². The van der Waals surface area contributed by atoms with E-state index in [0.717, 1.165) is 20.9 Å². The third-order valence-corrected chi connectivity index (χ3v) is 4.55. The van der Waals surface area contributed by atoms with E-state index in [-0.39, 0.29) is 0 Å². The molecule has 0 saturated heterocycles. The second-order valence-corrected chi connectivity index (χ2v) is 7.09. The molecule has 2 aromatic rings. The highest BCUT2D eigenvalue weighted by atomic mass is 79.9. The van der Waals surface area contributed by atoms with Crippen LogP contribution in [-0.2, 0) is 6.54 Å². The zero-order valence-corrected chi connectivity index (χ0v) is 14.5. The van der Waals surface area contributed by atoms with Gasteiger partial charge in [-0.15, -0.1) is 0 Å². The third-order valence-electron chi connectivity index (χ3n) is 2.65. The van der Waals surface area contributed by atoms with Gasteiger partial charge in [0.25, 0.3) is 0 Å². The number of pyridine rings is 1. The number of hydrogen-bond donors (Lipinski definition) is 1. The zero-order chi connectivity index (χ0) is 14.5. The largest absolute Gasteiger partial charge is 0.310 e. The average molecular weight is 372 g/mol. The van der Waals surface area contributed by atoms with Crippen LogP contribution in [0, 0.1) is 0 Å². The van der Waals surface area contributed by atoms with Crippen molar-refractivity contribution >= 4 is 39.3 Å². The first-order chi connectivity index (χ1) is 9.54. The summed E-state index contributed by atoms with van der Waals surface area (Å²) in [5.41, 5.74) is 1.26. The predicted molar refractivity (Wildman–Crippen MR) is 89.5 cm³/mol. The Morgan fingerprint density at radius 1 is 1.30 bits per heavy atom. The van der Waals surface area contributed by atoms with Crippen molar-refractivity contribution in [1.29, 1.82) is 0 Å². The van der Waals surface area contributed by atoms with Crippen molar-refractivity contribution in [2.24, 2.45) is 0 Å². The fourth-order valence-electron chi connectivity index (χ4n) is 1.59. The molecule has 5 heteroatoms. The minimum Gasteiger partial charge on any atom is -0.310 e. The summed E-state index contributed by atoms with van der Waals surface area (Å²) >= 11 is 11.1. The summed E-state index contributed by atoms with van der Waals surface area (Å²) in [7, 11) is 0. The molecule has 2 rings (SSSR count). The van der Waals surface area contributed by atoms with Crippen LogP contribution in [0.25, 0.3) is 0 Å². The molecule has 0 aliphatic rings. The molecule has 2 nitrogen and oxygen atoms in total. The Hall–Kier alpha value is -0.550. The van der Waals surface area contributed by atoms with Gasteiger partial charge in [-0.05, 0) is 29.8 Å². The topological polar surface area (TPSA) is 24.9 Å². The highest BCUT2D eigenvalue weighted by Crippen LogP contribution is 2.30. The van der Waals surface area contributed by atoms with E-state index < -0.39 is 0 Å². The predicted octanol–water partition coefficient (Wildman–Crippen LogP) is 5.15. The molecule has 106 valence electrons. The SMILES string of the molecule is CC(C)NCc1ccc(Sc2ccc(Cl)cn2)cc1Br. The lowest BCUT2D eigenvalue weighted by atomic mass is 10.2. The number of hydrogen-bond acceptors (Lipinski definition) is 3. The third kappa shape index (κ3) is 4.77. The molecule has 0 unspecified atom stereocenters. The van der Waals surface area contributed by atoms with E-state index in [1.165, 1.54) is 5.56 Å². The molecular weight excluding hydrogens is 356 g/mol. The molecule has 0 amide bonds. The Morgan fingerprint density at radius 3 is 2.70 bits per heavy atom. The standard InChI is InChI=1S/C15H16BrClN2S/c1-10(2)18-8-11-3-5-13(7-14(11)16)20-15-6-4-12(17)9-19-15/h3-7,9-10,18H,8H2,1-2H3. The van der Waals surface area contributed by atoms with Gasteiger partial charge in [0.05, 0.1) is 5.02 Å². The van der Waals surface area contributed by atoms with E-state index in [0.29, 0.717) is 11.1 Å². The molecule has 20 heavy (non-hydrogen) atoms. The lowest BCUT2D eigenvalue weighted by Gasteiger charge is -2.10. The fraction of sp³-hybridized carbons (Fsp3) is 0.267. The lowest BCUT2D eigenvalue weighted by Crippen LogP contribution is -2.21. The molecule has 0 spiro atoms. The Labute approximate surface area is 137 Å². The van der Waals surface area contributed by atoms with Crippen LogP contribution in [0.4, 0.5) is 0 Å². The van der Waals surface area contributed by atoms with Gasteiger partial charge in [-0.3, -0.25) is 0 Å². The van der Waals surface area contributed by atoms with Crippen LogP contribution < -0.4 is 5.32 Å². The van der Waals surface area contributed by atoms with Gasteiger partial charge in [-0.25, -0.2) is 4.98 Å². The van der Waals surface area contributed by atoms with Crippen LogP contribution in [0.15, 0.2) is 50.9 Å². The number of rotatable bonds is 5. The average Bonchev–Trinajstić information content (AvgIpc) is 2.40. The van der Waals surface area contributed by atoms with E-state index in [1.54, 1.807) is 18.0 Å². The Balaban J connectivity index is 2.06. The number of aromatic nitrogens is 1. The normalized spacial score (nSPS) is 11.1. The van der Waals surface area contributed by atoms with E-state index in [1.807, 2.05) is 12.1 Å². The van der Waals surface area contributed by atoms with Crippen LogP contribution in [0.3, 0.4) is 0 Å². The molecule has 0 bridgehead atoms. The van der Waals surface area contributed by atoms with Crippen LogP contribution in [0.5, 0.6) is 0 Å². The molecule has 0 radical (unpaired) electrons. The van der Waals surface area contributed by atoms with Gasteiger partial charge in [-0.1, -0.05) is 59.2 Å². The first-order valence-corrected chi connectivity index (χ1v) is 8.34. The second-order valence-electron chi connectivity index (χ2n) is 4.71. The first kappa shape index (κ1) is 15.8. The molecule has 1 aromatic carbocycles. The summed E-state index contributed by atoms with van der Waals surface area (Å²) in [4.78, 5) is 5.44. The molecule has 0 saturated carbocycles. The maximum Gasteiger partial charge on any atom is 0.101 e.